The number of benzene rings is 6. The normalized spacial score (nSPS) is 10.9. The Hall–Kier alpha value is -7.85. The molecule has 2 N–H and O–H groups in total. The smallest absolute Gasteiger partial charge is 0.271 e. The fraction of sp³-hybridized carbons (Fsp3) is 0. The van der Waals surface area contributed by atoms with E-state index in [9.17, 15) is 0 Å². The molecule has 0 unspecified atom stereocenters. The summed E-state index contributed by atoms with van der Waals surface area (Å²) in [6.07, 6.45) is 0. The zero-order valence-corrected chi connectivity index (χ0v) is 29.4. The Kier molecular flexibility index (Phi) is 9.01. The van der Waals surface area contributed by atoms with E-state index in [-0.39, 0.29) is 0 Å². The first-order chi connectivity index (χ1) is 27.2. The molecule has 3 heterocycles. The molecule has 10 heteroatoms. The van der Waals surface area contributed by atoms with E-state index in [1.54, 1.807) is 4.68 Å². The number of hydrogen-bond donors (Lipinski definition) is 2. The lowest BCUT2D eigenvalue weighted by molar-refractivity contribution is 0.785. The molecule has 0 aliphatic heterocycles. The van der Waals surface area contributed by atoms with Gasteiger partial charge in [0, 0.05) is 45.3 Å². The molecule has 6 aromatic carbocycles. The second kappa shape index (κ2) is 15.0. The largest absolute Gasteiger partial charge is 0.339 e. The van der Waals surface area contributed by atoms with E-state index < -0.39 is 0 Å². The Morgan fingerprint density at radius 1 is 0.364 bits per heavy atom. The molecule has 0 aliphatic rings. The summed E-state index contributed by atoms with van der Waals surface area (Å²) in [4.78, 5) is 9.96. The lowest BCUT2D eigenvalue weighted by atomic mass is 10.0. The van der Waals surface area contributed by atoms with Crippen LogP contribution in [0.3, 0.4) is 0 Å². The standard InChI is InChI=1S/C45H32N10/c1-6-16-31(17-7-1)38-30-39(54-55(38)45-49-41(33-20-10-3-11-21-33)43(51-53-45)35-24-14-5-15-25-35)46-36-26-28-37(29-27-36)47-44-48-40(32-18-8-2-9-19-32)42(50-52-44)34-22-12-4-13-23-34/h1-30H,(H,46,54)(H,47,48,52). The van der Waals surface area contributed by atoms with E-state index in [0.717, 1.165) is 56.3 Å². The third-order valence-corrected chi connectivity index (χ3v) is 8.93. The molecule has 9 aromatic rings. The van der Waals surface area contributed by atoms with Gasteiger partial charge in [-0.05, 0) is 24.3 Å². The zero-order valence-electron chi connectivity index (χ0n) is 29.4. The number of hydrogen-bond acceptors (Lipinski definition) is 9. The van der Waals surface area contributed by atoms with Crippen LogP contribution in [0.25, 0.3) is 62.2 Å². The van der Waals surface area contributed by atoms with Crippen molar-refractivity contribution in [3.05, 3.63) is 182 Å². The molecule has 0 saturated carbocycles. The maximum absolute atomic E-state index is 5.07. The minimum Gasteiger partial charge on any atom is -0.339 e. The van der Waals surface area contributed by atoms with Gasteiger partial charge in [-0.1, -0.05) is 152 Å². The molecule has 0 spiro atoms. The summed E-state index contributed by atoms with van der Waals surface area (Å²) in [6, 6.07) is 59.8. The van der Waals surface area contributed by atoms with Gasteiger partial charge in [0.15, 0.2) is 5.82 Å². The van der Waals surface area contributed by atoms with Gasteiger partial charge in [0.05, 0.1) is 5.69 Å². The lowest BCUT2D eigenvalue weighted by Crippen LogP contribution is -2.09. The molecular weight excluding hydrogens is 681 g/mol. The molecule has 9 rings (SSSR count). The number of rotatable bonds is 10. The van der Waals surface area contributed by atoms with Crippen LogP contribution in [0.15, 0.2) is 182 Å². The van der Waals surface area contributed by atoms with Gasteiger partial charge in [0.1, 0.15) is 22.8 Å². The van der Waals surface area contributed by atoms with Gasteiger partial charge in [-0.15, -0.1) is 25.5 Å². The zero-order chi connectivity index (χ0) is 36.8. The van der Waals surface area contributed by atoms with Crippen LogP contribution in [0.4, 0.5) is 23.1 Å². The fourth-order valence-corrected chi connectivity index (χ4v) is 6.28. The Balaban J connectivity index is 1.01. The Labute approximate surface area is 317 Å². The quantitative estimate of drug-likeness (QED) is 0.143. The first-order valence-electron chi connectivity index (χ1n) is 17.8. The molecule has 10 nitrogen and oxygen atoms in total. The molecule has 0 bridgehead atoms. The van der Waals surface area contributed by atoms with Gasteiger partial charge in [0.25, 0.3) is 5.95 Å². The molecule has 0 aliphatic carbocycles. The van der Waals surface area contributed by atoms with Crippen molar-refractivity contribution < 1.29 is 0 Å². The van der Waals surface area contributed by atoms with E-state index in [2.05, 4.69) is 25.9 Å². The van der Waals surface area contributed by atoms with E-state index in [4.69, 9.17) is 20.2 Å². The predicted molar refractivity (Wildman–Crippen MR) is 217 cm³/mol. The molecule has 55 heavy (non-hydrogen) atoms. The van der Waals surface area contributed by atoms with Crippen molar-refractivity contribution in [3.8, 4) is 62.2 Å². The van der Waals surface area contributed by atoms with Crippen molar-refractivity contribution in [2.45, 2.75) is 0 Å². The predicted octanol–water partition coefficient (Wildman–Crippen LogP) is 10.1. The minimum atomic E-state index is 0.353. The van der Waals surface area contributed by atoms with Gasteiger partial charge >= 0.3 is 0 Å². The molecule has 3 aromatic heterocycles. The molecule has 0 atom stereocenters. The monoisotopic (exact) mass is 712 g/mol. The van der Waals surface area contributed by atoms with Crippen LogP contribution >= 0.6 is 0 Å². The Bertz CT molecular complexity index is 2670. The number of nitrogens with one attached hydrogen (secondary N) is 2. The van der Waals surface area contributed by atoms with Crippen LogP contribution in [0.1, 0.15) is 0 Å². The first-order valence-corrected chi connectivity index (χ1v) is 17.8. The summed E-state index contributed by atoms with van der Waals surface area (Å²) >= 11 is 0. The Morgan fingerprint density at radius 3 is 1.29 bits per heavy atom. The summed E-state index contributed by atoms with van der Waals surface area (Å²) in [7, 11) is 0. The second-order valence-corrected chi connectivity index (χ2v) is 12.6. The number of nitrogens with zero attached hydrogens (tertiary/aromatic N) is 8. The van der Waals surface area contributed by atoms with Crippen molar-refractivity contribution in [2.75, 3.05) is 10.6 Å². The summed E-state index contributed by atoms with van der Waals surface area (Å²) in [5.41, 5.74) is 10.1. The van der Waals surface area contributed by atoms with Gasteiger partial charge in [-0.25, -0.2) is 9.97 Å². The highest BCUT2D eigenvalue weighted by Crippen LogP contribution is 2.32. The minimum absolute atomic E-state index is 0.353. The average molecular weight is 713 g/mol. The van der Waals surface area contributed by atoms with Crippen LogP contribution in [-0.2, 0) is 0 Å². The van der Waals surface area contributed by atoms with Crippen LogP contribution in [0.5, 0.6) is 0 Å². The highest BCUT2D eigenvalue weighted by molar-refractivity contribution is 5.79. The summed E-state index contributed by atoms with van der Waals surface area (Å²) in [6.45, 7) is 0. The van der Waals surface area contributed by atoms with Crippen LogP contribution in [-0.4, -0.2) is 40.1 Å². The highest BCUT2D eigenvalue weighted by atomic mass is 15.4. The maximum Gasteiger partial charge on any atom is 0.271 e. The molecule has 0 saturated heterocycles. The molecule has 0 radical (unpaired) electrons. The highest BCUT2D eigenvalue weighted by Gasteiger charge is 2.19. The third kappa shape index (κ3) is 7.15. The van der Waals surface area contributed by atoms with Gasteiger partial charge in [-0.2, -0.15) is 4.68 Å². The SMILES string of the molecule is c1ccc(-c2nnc(Nc3ccc(Nc4cc(-c5ccccc5)n(-c5nnc(-c6ccccc6)c(-c6ccccc6)n5)n4)cc3)nc2-c2ccccc2)cc1. The number of aromatic nitrogens is 8. The summed E-state index contributed by atoms with van der Waals surface area (Å²) in [5.74, 6) is 1.37. The Morgan fingerprint density at radius 2 is 0.782 bits per heavy atom. The van der Waals surface area contributed by atoms with Crippen LogP contribution in [0, 0.1) is 0 Å². The fourth-order valence-electron chi connectivity index (χ4n) is 6.28. The van der Waals surface area contributed by atoms with E-state index in [1.165, 1.54) is 0 Å². The lowest BCUT2D eigenvalue weighted by Gasteiger charge is -2.11. The molecule has 0 fully saturated rings. The van der Waals surface area contributed by atoms with Crippen LogP contribution in [0.2, 0.25) is 0 Å². The summed E-state index contributed by atoms with van der Waals surface area (Å²) < 4.78 is 1.73. The van der Waals surface area contributed by atoms with E-state index >= 15 is 0 Å². The van der Waals surface area contributed by atoms with E-state index in [0.29, 0.717) is 29.1 Å². The molecule has 262 valence electrons. The van der Waals surface area contributed by atoms with Crippen molar-refractivity contribution >= 4 is 23.1 Å². The third-order valence-electron chi connectivity index (χ3n) is 8.93. The van der Waals surface area contributed by atoms with Crippen molar-refractivity contribution in [1.82, 2.24) is 40.1 Å². The van der Waals surface area contributed by atoms with Gasteiger partial charge in [0.2, 0.25) is 5.95 Å². The van der Waals surface area contributed by atoms with Crippen molar-refractivity contribution in [1.29, 1.82) is 0 Å². The van der Waals surface area contributed by atoms with Crippen molar-refractivity contribution in [3.63, 3.8) is 0 Å². The first kappa shape index (κ1) is 33.0. The second-order valence-electron chi connectivity index (χ2n) is 12.6. The average Bonchev–Trinajstić information content (AvgIpc) is 3.69. The summed E-state index contributed by atoms with van der Waals surface area (Å²) in [5, 5.41) is 30.0. The topological polar surface area (TPSA) is 119 Å². The van der Waals surface area contributed by atoms with Crippen molar-refractivity contribution in [2.24, 2.45) is 0 Å². The molecular formula is C45H32N10. The van der Waals surface area contributed by atoms with Gasteiger partial charge in [-0.3, -0.25) is 0 Å². The number of anilines is 4. The molecule has 0 amide bonds. The van der Waals surface area contributed by atoms with E-state index in [1.807, 2.05) is 182 Å². The van der Waals surface area contributed by atoms with Crippen LogP contribution < -0.4 is 10.6 Å². The maximum atomic E-state index is 5.07. The van der Waals surface area contributed by atoms with Gasteiger partial charge < -0.3 is 10.6 Å².